The number of rotatable bonds is 5. The number of likely N-dealkylation sites (N-methyl/N-ethyl adjacent to an activating group) is 1. The fraction of sp³-hybridized carbons (Fsp3) is 0.516. The SMILES string of the molecule is CN(C(=O)N(C)[C@@H]1CN(C(=O)[C@H]2CC[C@H](C(=O)N(C)C)CC2)C[C@H]1c1ccc(F)cc1)c1cc(C(F)(F)F)cc(C(F)(F)F)c1. The third kappa shape index (κ3) is 7.52. The first kappa shape index (κ1) is 34.0. The van der Waals surface area contributed by atoms with Crippen molar-refractivity contribution in [2.45, 2.75) is 50.0 Å². The lowest BCUT2D eigenvalue weighted by molar-refractivity contribution is -0.143. The van der Waals surface area contributed by atoms with Crippen molar-refractivity contribution in [1.82, 2.24) is 14.7 Å². The van der Waals surface area contributed by atoms with Crippen LogP contribution in [0.15, 0.2) is 42.5 Å². The Hall–Kier alpha value is -3.84. The van der Waals surface area contributed by atoms with Crippen LogP contribution in [0.5, 0.6) is 0 Å². The van der Waals surface area contributed by atoms with Crippen LogP contribution in [0.1, 0.15) is 48.3 Å². The highest BCUT2D eigenvalue weighted by Crippen LogP contribution is 2.40. The van der Waals surface area contributed by atoms with Gasteiger partial charge < -0.3 is 14.7 Å². The third-order valence-corrected chi connectivity index (χ3v) is 8.81. The maximum Gasteiger partial charge on any atom is 0.416 e. The highest BCUT2D eigenvalue weighted by atomic mass is 19.4. The molecule has 246 valence electrons. The smallest absolute Gasteiger partial charge is 0.349 e. The highest BCUT2D eigenvalue weighted by molar-refractivity contribution is 5.92. The molecule has 1 aliphatic carbocycles. The summed E-state index contributed by atoms with van der Waals surface area (Å²) < 4.78 is 94.6. The van der Waals surface area contributed by atoms with Crippen molar-refractivity contribution in [2.24, 2.45) is 11.8 Å². The van der Waals surface area contributed by atoms with Gasteiger partial charge in [-0.2, -0.15) is 26.3 Å². The average Bonchev–Trinajstić information content (AvgIpc) is 3.44. The summed E-state index contributed by atoms with van der Waals surface area (Å²) in [4.78, 5) is 44.6. The molecule has 45 heavy (non-hydrogen) atoms. The molecule has 2 fully saturated rings. The number of amides is 4. The minimum Gasteiger partial charge on any atom is -0.349 e. The molecule has 1 saturated carbocycles. The van der Waals surface area contributed by atoms with E-state index in [0.717, 1.165) is 7.05 Å². The van der Waals surface area contributed by atoms with Crippen molar-refractivity contribution in [1.29, 1.82) is 0 Å². The van der Waals surface area contributed by atoms with Crippen molar-refractivity contribution in [3.63, 3.8) is 0 Å². The average molecular weight is 645 g/mol. The van der Waals surface area contributed by atoms with Crippen LogP contribution in [0.25, 0.3) is 0 Å². The monoisotopic (exact) mass is 644 g/mol. The van der Waals surface area contributed by atoms with E-state index in [1.165, 1.54) is 41.1 Å². The van der Waals surface area contributed by atoms with Crippen LogP contribution < -0.4 is 4.90 Å². The van der Waals surface area contributed by atoms with Crippen molar-refractivity contribution in [3.05, 3.63) is 65.0 Å². The maximum absolute atomic E-state index is 13.7. The van der Waals surface area contributed by atoms with Crippen LogP contribution in [0.3, 0.4) is 0 Å². The second-order valence-corrected chi connectivity index (χ2v) is 12.0. The van der Waals surface area contributed by atoms with Gasteiger partial charge in [0.15, 0.2) is 0 Å². The van der Waals surface area contributed by atoms with E-state index in [9.17, 15) is 45.1 Å². The predicted octanol–water partition coefficient (Wildman–Crippen LogP) is 6.24. The first-order chi connectivity index (χ1) is 20.9. The Balaban J connectivity index is 1.58. The molecule has 0 spiro atoms. The zero-order chi connectivity index (χ0) is 33.4. The second kappa shape index (κ2) is 12.9. The molecule has 0 N–H and O–H groups in total. The van der Waals surface area contributed by atoms with Gasteiger partial charge in [-0.1, -0.05) is 12.1 Å². The zero-order valence-electron chi connectivity index (χ0n) is 25.3. The maximum atomic E-state index is 13.7. The van der Waals surface area contributed by atoms with Crippen LogP contribution in [0.2, 0.25) is 0 Å². The van der Waals surface area contributed by atoms with E-state index in [1.54, 1.807) is 19.0 Å². The van der Waals surface area contributed by atoms with E-state index in [0.29, 0.717) is 48.3 Å². The highest BCUT2D eigenvalue weighted by Gasteiger charge is 2.44. The third-order valence-electron chi connectivity index (χ3n) is 8.81. The Morgan fingerprint density at radius 2 is 1.27 bits per heavy atom. The molecular weight excluding hydrogens is 609 g/mol. The molecule has 2 aliphatic rings. The summed E-state index contributed by atoms with van der Waals surface area (Å²) in [5.74, 6) is -1.70. The van der Waals surface area contributed by atoms with E-state index in [2.05, 4.69) is 0 Å². The van der Waals surface area contributed by atoms with Gasteiger partial charge in [0, 0.05) is 64.7 Å². The topological polar surface area (TPSA) is 64.2 Å². The van der Waals surface area contributed by atoms with Crippen LogP contribution in [-0.4, -0.2) is 79.9 Å². The number of carbonyl (C=O) groups excluding carboxylic acids is 3. The largest absolute Gasteiger partial charge is 0.416 e. The summed E-state index contributed by atoms with van der Waals surface area (Å²) in [5, 5.41) is 0. The number of benzene rings is 2. The molecular formula is C31H35F7N4O3. The van der Waals surface area contributed by atoms with Crippen molar-refractivity contribution in [3.8, 4) is 0 Å². The number of hydrogen-bond donors (Lipinski definition) is 0. The standard InChI is InChI=1S/C31H35F7N4O3/c1-39(2)27(43)19-5-7-20(8-6-19)28(44)42-16-25(18-9-11-23(32)12-10-18)26(17-42)41(4)29(45)40(3)24-14-21(30(33,34)35)13-22(15-24)31(36,37)38/h9-15,19-20,25-26H,5-8,16-17H2,1-4H3/t19-,20-,25-,26+/m0/s1. The van der Waals surface area contributed by atoms with E-state index in [1.807, 2.05) is 0 Å². The molecule has 1 saturated heterocycles. The van der Waals surface area contributed by atoms with Crippen molar-refractivity contribution < 1.29 is 45.1 Å². The minimum absolute atomic E-state index is 0.00545. The minimum atomic E-state index is -5.09. The number of anilines is 1. The fourth-order valence-corrected chi connectivity index (χ4v) is 6.23. The molecule has 0 radical (unpaired) electrons. The molecule has 7 nitrogen and oxygen atoms in total. The number of hydrogen-bond acceptors (Lipinski definition) is 3. The first-order valence-electron chi connectivity index (χ1n) is 14.4. The van der Waals surface area contributed by atoms with Gasteiger partial charge in [-0.05, 0) is 61.6 Å². The quantitative estimate of drug-likeness (QED) is 0.362. The molecule has 0 bridgehead atoms. The molecule has 2 aromatic rings. The van der Waals surface area contributed by atoms with Crippen molar-refractivity contribution in [2.75, 3.05) is 46.2 Å². The molecule has 14 heteroatoms. The molecule has 0 aromatic heterocycles. The van der Waals surface area contributed by atoms with E-state index in [4.69, 9.17) is 0 Å². The molecule has 0 unspecified atom stereocenters. The molecule has 1 aliphatic heterocycles. The number of nitrogens with zero attached hydrogens (tertiary/aromatic N) is 4. The fourth-order valence-electron chi connectivity index (χ4n) is 6.23. The van der Waals surface area contributed by atoms with Gasteiger partial charge in [0.2, 0.25) is 11.8 Å². The van der Waals surface area contributed by atoms with Gasteiger partial charge in [-0.25, -0.2) is 9.18 Å². The Morgan fingerprint density at radius 1 is 0.756 bits per heavy atom. The summed E-state index contributed by atoms with van der Waals surface area (Å²) >= 11 is 0. The lowest BCUT2D eigenvalue weighted by atomic mass is 9.80. The summed E-state index contributed by atoms with van der Waals surface area (Å²) in [6.45, 7) is 0.207. The number of alkyl halides is 6. The van der Waals surface area contributed by atoms with Gasteiger partial charge in [0.25, 0.3) is 0 Å². The molecule has 2 aromatic carbocycles. The van der Waals surface area contributed by atoms with E-state index in [-0.39, 0.29) is 42.8 Å². The zero-order valence-corrected chi connectivity index (χ0v) is 25.3. The van der Waals surface area contributed by atoms with E-state index >= 15 is 0 Å². The lowest BCUT2D eigenvalue weighted by Gasteiger charge is -2.33. The number of halogens is 7. The molecule has 4 rings (SSSR count). The summed E-state index contributed by atoms with van der Waals surface area (Å²) in [6.07, 6.45) is -8.09. The summed E-state index contributed by atoms with van der Waals surface area (Å²) in [7, 11) is 5.80. The lowest BCUT2D eigenvalue weighted by Crippen LogP contribution is -2.48. The van der Waals surface area contributed by atoms with Gasteiger partial charge in [-0.3, -0.25) is 14.5 Å². The number of urea groups is 1. The second-order valence-electron chi connectivity index (χ2n) is 12.0. The Morgan fingerprint density at radius 3 is 1.76 bits per heavy atom. The normalized spacial score (nSPS) is 22.2. The van der Waals surface area contributed by atoms with Crippen LogP contribution >= 0.6 is 0 Å². The van der Waals surface area contributed by atoms with Gasteiger partial charge in [0.05, 0.1) is 17.2 Å². The van der Waals surface area contributed by atoms with Gasteiger partial charge in [0.1, 0.15) is 5.82 Å². The van der Waals surface area contributed by atoms with Crippen molar-refractivity contribution >= 4 is 23.5 Å². The van der Waals surface area contributed by atoms with E-state index < -0.39 is 53.0 Å². The van der Waals surface area contributed by atoms with Crippen LogP contribution in [0, 0.1) is 17.7 Å². The number of carbonyl (C=O) groups is 3. The molecule has 4 amide bonds. The molecule has 2 atom stereocenters. The number of likely N-dealkylation sites (tertiary alicyclic amines) is 1. The molecule has 1 heterocycles. The van der Waals surface area contributed by atoms with Gasteiger partial charge >= 0.3 is 18.4 Å². The first-order valence-corrected chi connectivity index (χ1v) is 14.4. The van der Waals surface area contributed by atoms with Crippen LogP contribution in [-0.2, 0) is 21.9 Å². The Bertz CT molecular complexity index is 1370. The Labute approximate surface area is 256 Å². The summed E-state index contributed by atoms with van der Waals surface area (Å²) in [5.41, 5.74) is -3.11. The van der Waals surface area contributed by atoms with Gasteiger partial charge in [-0.15, -0.1) is 0 Å². The Kier molecular flexibility index (Phi) is 9.74. The summed E-state index contributed by atoms with van der Waals surface area (Å²) in [6, 6.07) is 4.81. The predicted molar refractivity (Wildman–Crippen MR) is 152 cm³/mol. The van der Waals surface area contributed by atoms with Crippen LogP contribution in [0.4, 0.5) is 41.2 Å².